The SMILES string of the molecule is O=C(O)c1cc(Br)ccc1OCc1ccc(O)cc1. The van der Waals surface area contributed by atoms with Gasteiger partial charge >= 0.3 is 5.97 Å². The third-order valence-electron chi connectivity index (χ3n) is 2.50. The summed E-state index contributed by atoms with van der Waals surface area (Å²) in [5.41, 5.74) is 0.949. The second-order valence-electron chi connectivity index (χ2n) is 3.90. The number of hydrogen-bond donors (Lipinski definition) is 2. The Balaban J connectivity index is 2.15. The van der Waals surface area contributed by atoms with Crippen LogP contribution in [0.3, 0.4) is 0 Å². The van der Waals surface area contributed by atoms with E-state index in [1.807, 2.05) is 0 Å². The molecule has 98 valence electrons. The maximum atomic E-state index is 11.1. The number of aromatic carboxylic acids is 1. The van der Waals surface area contributed by atoms with E-state index in [0.29, 0.717) is 10.2 Å². The highest BCUT2D eigenvalue weighted by Crippen LogP contribution is 2.24. The monoisotopic (exact) mass is 322 g/mol. The molecule has 2 rings (SSSR count). The molecule has 0 heterocycles. The molecule has 0 spiro atoms. The first-order valence-electron chi connectivity index (χ1n) is 5.50. The predicted octanol–water partition coefficient (Wildman–Crippen LogP) is 3.43. The summed E-state index contributed by atoms with van der Waals surface area (Å²) >= 11 is 3.22. The Morgan fingerprint density at radius 2 is 1.84 bits per heavy atom. The molecule has 0 aliphatic rings. The van der Waals surface area contributed by atoms with E-state index in [9.17, 15) is 4.79 Å². The standard InChI is InChI=1S/C14H11BrO4/c15-10-3-6-13(12(7-10)14(17)18)19-8-9-1-4-11(16)5-2-9/h1-7,16H,8H2,(H,17,18). The molecule has 4 nitrogen and oxygen atoms in total. The van der Waals surface area contributed by atoms with Gasteiger partial charge in [-0.2, -0.15) is 0 Å². The Bertz CT molecular complexity index is 593. The number of carbonyl (C=O) groups is 1. The predicted molar refractivity (Wildman–Crippen MR) is 73.5 cm³/mol. The summed E-state index contributed by atoms with van der Waals surface area (Å²) in [5.74, 6) is -0.551. The van der Waals surface area contributed by atoms with Crippen molar-refractivity contribution in [2.45, 2.75) is 6.61 Å². The highest BCUT2D eigenvalue weighted by atomic mass is 79.9. The van der Waals surface area contributed by atoms with Crippen molar-refractivity contribution < 1.29 is 19.7 Å². The largest absolute Gasteiger partial charge is 0.508 e. The van der Waals surface area contributed by atoms with E-state index in [1.165, 1.54) is 6.07 Å². The van der Waals surface area contributed by atoms with Gasteiger partial charge in [0.15, 0.2) is 0 Å². The van der Waals surface area contributed by atoms with E-state index in [-0.39, 0.29) is 17.9 Å². The average molecular weight is 323 g/mol. The Morgan fingerprint density at radius 1 is 1.16 bits per heavy atom. The fourth-order valence-corrected chi connectivity index (χ4v) is 1.91. The van der Waals surface area contributed by atoms with Crippen molar-refractivity contribution in [3.8, 4) is 11.5 Å². The summed E-state index contributed by atoms with van der Waals surface area (Å²) in [6, 6.07) is 11.4. The highest BCUT2D eigenvalue weighted by molar-refractivity contribution is 9.10. The van der Waals surface area contributed by atoms with Crippen molar-refractivity contribution in [3.05, 3.63) is 58.1 Å². The first-order chi connectivity index (χ1) is 9.06. The molecule has 5 heteroatoms. The zero-order valence-electron chi connectivity index (χ0n) is 9.84. The van der Waals surface area contributed by atoms with E-state index < -0.39 is 5.97 Å². The number of phenols is 1. The van der Waals surface area contributed by atoms with Gasteiger partial charge in [-0.05, 0) is 35.9 Å². The van der Waals surface area contributed by atoms with Crippen LogP contribution in [0.1, 0.15) is 15.9 Å². The topological polar surface area (TPSA) is 66.8 Å². The van der Waals surface area contributed by atoms with E-state index in [4.69, 9.17) is 14.9 Å². The lowest BCUT2D eigenvalue weighted by atomic mass is 10.2. The Labute approximate surface area is 118 Å². The van der Waals surface area contributed by atoms with Crippen LogP contribution in [-0.2, 0) is 6.61 Å². The van der Waals surface area contributed by atoms with Crippen LogP contribution in [0.15, 0.2) is 46.9 Å². The molecule has 0 saturated heterocycles. The molecule has 0 atom stereocenters. The van der Waals surface area contributed by atoms with Gasteiger partial charge in [-0.25, -0.2) is 4.79 Å². The fourth-order valence-electron chi connectivity index (χ4n) is 1.55. The Kier molecular flexibility index (Phi) is 4.06. The smallest absolute Gasteiger partial charge is 0.339 e. The number of ether oxygens (including phenoxy) is 1. The number of halogens is 1. The summed E-state index contributed by atoms with van der Waals surface area (Å²) in [5, 5.41) is 18.3. The van der Waals surface area contributed by atoms with Crippen LogP contribution in [-0.4, -0.2) is 16.2 Å². The molecule has 19 heavy (non-hydrogen) atoms. The van der Waals surface area contributed by atoms with Crippen LogP contribution in [0.5, 0.6) is 11.5 Å². The summed E-state index contributed by atoms with van der Waals surface area (Å²) in [4.78, 5) is 11.1. The minimum atomic E-state index is -1.04. The molecule has 2 N–H and O–H groups in total. The van der Waals surface area contributed by atoms with Crippen LogP contribution in [0, 0.1) is 0 Å². The number of phenolic OH excluding ortho intramolecular Hbond substituents is 1. The zero-order valence-corrected chi connectivity index (χ0v) is 11.4. The number of rotatable bonds is 4. The van der Waals surface area contributed by atoms with Gasteiger partial charge in [0.2, 0.25) is 0 Å². The summed E-state index contributed by atoms with van der Waals surface area (Å²) < 4.78 is 6.18. The van der Waals surface area contributed by atoms with Crippen LogP contribution in [0.4, 0.5) is 0 Å². The van der Waals surface area contributed by atoms with E-state index in [0.717, 1.165) is 5.56 Å². The number of hydrogen-bond acceptors (Lipinski definition) is 3. The van der Waals surface area contributed by atoms with Gasteiger partial charge in [0.05, 0.1) is 0 Å². The third kappa shape index (κ3) is 3.48. The van der Waals surface area contributed by atoms with Gasteiger partial charge in [-0.15, -0.1) is 0 Å². The summed E-state index contributed by atoms with van der Waals surface area (Å²) in [7, 11) is 0. The minimum Gasteiger partial charge on any atom is -0.508 e. The number of benzene rings is 2. The Morgan fingerprint density at radius 3 is 2.47 bits per heavy atom. The van der Waals surface area contributed by atoms with Crippen molar-refractivity contribution in [1.82, 2.24) is 0 Å². The van der Waals surface area contributed by atoms with Crippen LogP contribution >= 0.6 is 15.9 Å². The number of carboxylic acids is 1. The van der Waals surface area contributed by atoms with Gasteiger partial charge in [0.25, 0.3) is 0 Å². The molecular weight excluding hydrogens is 312 g/mol. The molecule has 0 saturated carbocycles. The first-order valence-corrected chi connectivity index (χ1v) is 6.29. The molecule has 0 aliphatic carbocycles. The molecule has 0 unspecified atom stereocenters. The lowest BCUT2D eigenvalue weighted by Gasteiger charge is -2.09. The van der Waals surface area contributed by atoms with Gasteiger partial charge in [-0.1, -0.05) is 28.1 Å². The summed E-state index contributed by atoms with van der Waals surface area (Å²) in [6.45, 7) is 0.238. The van der Waals surface area contributed by atoms with Crippen molar-refractivity contribution >= 4 is 21.9 Å². The molecule has 0 amide bonds. The van der Waals surface area contributed by atoms with E-state index in [2.05, 4.69) is 15.9 Å². The normalized spacial score (nSPS) is 10.2. The first kappa shape index (κ1) is 13.4. The van der Waals surface area contributed by atoms with Crippen LogP contribution in [0.25, 0.3) is 0 Å². The number of carboxylic acid groups (broad SMARTS) is 1. The molecule has 0 aromatic heterocycles. The van der Waals surface area contributed by atoms with E-state index in [1.54, 1.807) is 36.4 Å². The molecule has 0 fully saturated rings. The molecule has 2 aromatic rings. The van der Waals surface area contributed by atoms with Gasteiger partial charge in [-0.3, -0.25) is 0 Å². The van der Waals surface area contributed by atoms with Gasteiger partial charge in [0, 0.05) is 4.47 Å². The fraction of sp³-hybridized carbons (Fsp3) is 0.0714. The zero-order chi connectivity index (χ0) is 13.8. The van der Waals surface area contributed by atoms with E-state index >= 15 is 0 Å². The van der Waals surface area contributed by atoms with Crippen LogP contribution in [0.2, 0.25) is 0 Å². The molecule has 2 aromatic carbocycles. The maximum Gasteiger partial charge on any atom is 0.339 e. The van der Waals surface area contributed by atoms with Gasteiger partial charge in [0.1, 0.15) is 23.7 Å². The van der Waals surface area contributed by atoms with Crippen molar-refractivity contribution in [2.75, 3.05) is 0 Å². The maximum absolute atomic E-state index is 11.1. The average Bonchev–Trinajstić information content (AvgIpc) is 2.39. The Hall–Kier alpha value is -2.01. The minimum absolute atomic E-state index is 0.105. The molecule has 0 bridgehead atoms. The third-order valence-corrected chi connectivity index (χ3v) is 3.00. The highest BCUT2D eigenvalue weighted by Gasteiger charge is 2.11. The summed E-state index contributed by atoms with van der Waals surface area (Å²) in [6.07, 6.45) is 0. The lowest BCUT2D eigenvalue weighted by Crippen LogP contribution is -2.03. The quantitative estimate of drug-likeness (QED) is 0.905. The molecule has 0 aliphatic heterocycles. The second-order valence-corrected chi connectivity index (χ2v) is 4.82. The van der Waals surface area contributed by atoms with Gasteiger partial charge < -0.3 is 14.9 Å². The number of aromatic hydroxyl groups is 1. The molecular formula is C14H11BrO4. The lowest BCUT2D eigenvalue weighted by molar-refractivity contribution is 0.0691. The van der Waals surface area contributed by atoms with Crippen molar-refractivity contribution in [2.24, 2.45) is 0 Å². The second kappa shape index (κ2) is 5.75. The van der Waals surface area contributed by atoms with Crippen molar-refractivity contribution in [3.63, 3.8) is 0 Å². The van der Waals surface area contributed by atoms with Crippen molar-refractivity contribution in [1.29, 1.82) is 0 Å². The van der Waals surface area contributed by atoms with Crippen LogP contribution < -0.4 is 4.74 Å². The molecule has 0 radical (unpaired) electrons.